The molecule has 0 unspecified atom stereocenters. The number of benzene rings is 2. The third kappa shape index (κ3) is 6.46. The zero-order chi connectivity index (χ0) is 22.2. The van der Waals surface area contributed by atoms with Crippen LogP contribution < -0.4 is 14.8 Å². The first-order valence-corrected chi connectivity index (χ1v) is 10.5. The predicted octanol–water partition coefficient (Wildman–Crippen LogP) is 3.34. The van der Waals surface area contributed by atoms with Gasteiger partial charge in [-0.2, -0.15) is 0 Å². The Kier molecular flexibility index (Phi) is 7.89. The number of rotatable bonds is 9. The number of aryl methyl sites for hydroxylation is 1. The molecule has 0 aliphatic carbocycles. The SMILES string of the molecule is COc1ccc(OCC(=O)N(CC(=O)Nc2cccc(C)c2C)C[C@@H]2CCCO2)cc1. The Morgan fingerprint density at radius 3 is 2.55 bits per heavy atom. The highest BCUT2D eigenvalue weighted by molar-refractivity contribution is 5.95. The number of hydrogen-bond acceptors (Lipinski definition) is 5. The van der Waals surface area contributed by atoms with Crippen molar-refractivity contribution in [2.24, 2.45) is 0 Å². The fourth-order valence-electron chi connectivity index (χ4n) is 3.45. The molecule has 1 aliphatic rings. The van der Waals surface area contributed by atoms with E-state index in [1.807, 2.05) is 32.0 Å². The van der Waals surface area contributed by atoms with Crippen molar-refractivity contribution < 1.29 is 23.8 Å². The van der Waals surface area contributed by atoms with Crippen LogP contribution in [0.3, 0.4) is 0 Å². The lowest BCUT2D eigenvalue weighted by atomic mass is 10.1. The number of carbonyl (C=O) groups excluding carboxylic acids is 2. The van der Waals surface area contributed by atoms with Gasteiger partial charge in [0.25, 0.3) is 5.91 Å². The summed E-state index contributed by atoms with van der Waals surface area (Å²) in [7, 11) is 1.59. The maximum atomic E-state index is 12.9. The first-order valence-electron chi connectivity index (χ1n) is 10.5. The van der Waals surface area contributed by atoms with Crippen molar-refractivity contribution in [2.75, 3.05) is 38.7 Å². The van der Waals surface area contributed by atoms with Crippen LogP contribution in [-0.2, 0) is 14.3 Å². The zero-order valence-corrected chi connectivity index (χ0v) is 18.3. The zero-order valence-electron chi connectivity index (χ0n) is 18.3. The highest BCUT2D eigenvalue weighted by atomic mass is 16.5. The smallest absolute Gasteiger partial charge is 0.261 e. The van der Waals surface area contributed by atoms with Crippen molar-refractivity contribution in [1.29, 1.82) is 0 Å². The number of nitrogens with one attached hydrogen (secondary N) is 1. The quantitative estimate of drug-likeness (QED) is 0.666. The summed E-state index contributed by atoms with van der Waals surface area (Å²) < 4.78 is 16.4. The molecule has 31 heavy (non-hydrogen) atoms. The van der Waals surface area contributed by atoms with Crippen molar-refractivity contribution >= 4 is 17.5 Å². The Balaban J connectivity index is 1.62. The van der Waals surface area contributed by atoms with E-state index in [2.05, 4.69) is 5.32 Å². The van der Waals surface area contributed by atoms with Crippen LogP contribution >= 0.6 is 0 Å². The summed E-state index contributed by atoms with van der Waals surface area (Å²) in [6, 6.07) is 12.8. The first-order chi connectivity index (χ1) is 15.0. The average molecular weight is 427 g/mol. The Hall–Kier alpha value is -3.06. The minimum Gasteiger partial charge on any atom is -0.497 e. The molecule has 1 fully saturated rings. The minimum atomic E-state index is -0.262. The van der Waals surface area contributed by atoms with E-state index >= 15 is 0 Å². The molecule has 2 aromatic carbocycles. The van der Waals surface area contributed by atoms with Gasteiger partial charge in [-0.05, 0) is 68.1 Å². The highest BCUT2D eigenvalue weighted by Crippen LogP contribution is 2.19. The summed E-state index contributed by atoms with van der Waals surface area (Å²) in [6.45, 7) is 4.79. The van der Waals surface area contributed by atoms with Gasteiger partial charge in [-0.25, -0.2) is 0 Å². The van der Waals surface area contributed by atoms with Crippen molar-refractivity contribution in [2.45, 2.75) is 32.8 Å². The lowest BCUT2D eigenvalue weighted by Gasteiger charge is -2.25. The molecule has 3 rings (SSSR count). The fraction of sp³-hybridized carbons (Fsp3) is 0.417. The molecular weight excluding hydrogens is 396 g/mol. The van der Waals surface area contributed by atoms with E-state index in [9.17, 15) is 9.59 Å². The van der Waals surface area contributed by atoms with E-state index < -0.39 is 0 Å². The fourth-order valence-corrected chi connectivity index (χ4v) is 3.45. The molecule has 1 heterocycles. The molecule has 1 atom stereocenters. The molecule has 0 saturated carbocycles. The van der Waals surface area contributed by atoms with Crippen LogP contribution in [0.4, 0.5) is 5.69 Å². The Morgan fingerprint density at radius 2 is 1.87 bits per heavy atom. The van der Waals surface area contributed by atoms with Crippen molar-refractivity contribution in [3.05, 3.63) is 53.6 Å². The van der Waals surface area contributed by atoms with Crippen molar-refractivity contribution in [3.8, 4) is 11.5 Å². The van der Waals surface area contributed by atoms with Crippen LogP contribution in [0.15, 0.2) is 42.5 Å². The van der Waals surface area contributed by atoms with Gasteiger partial charge in [0.15, 0.2) is 6.61 Å². The van der Waals surface area contributed by atoms with Gasteiger partial charge in [-0.1, -0.05) is 12.1 Å². The van der Waals surface area contributed by atoms with E-state index in [-0.39, 0.29) is 31.1 Å². The molecule has 2 amide bonds. The van der Waals surface area contributed by atoms with E-state index in [0.29, 0.717) is 24.7 Å². The number of ether oxygens (including phenoxy) is 3. The van der Waals surface area contributed by atoms with Crippen LogP contribution in [-0.4, -0.2) is 56.2 Å². The molecule has 2 aromatic rings. The molecule has 0 bridgehead atoms. The molecule has 1 aliphatic heterocycles. The summed E-state index contributed by atoms with van der Waals surface area (Å²) in [5.41, 5.74) is 2.86. The van der Waals surface area contributed by atoms with Crippen LogP contribution in [0.2, 0.25) is 0 Å². The Labute approximate surface area is 183 Å². The van der Waals surface area contributed by atoms with E-state index in [1.54, 1.807) is 31.4 Å². The molecule has 7 nitrogen and oxygen atoms in total. The van der Waals surface area contributed by atoms with Crippen LogP contribution in [0, 0.1) is 13.8 Å². The number of amides is 2. The monoisotopic (exact) mass is 426 g/mol. The molecule has 1 saturated heterocycles. The predicted molar refractivity (Wildman–Crippen MR) is 119 cm³/mol. The van der Waals surface area contributed by atoms with E-state index in [0.717, 1.165) is 29.7 Å². The number of methoxy groups -OCH3 is 1. The van der Waals surface area contributed by atoms with Crippen LogP contribution in [0.1, 0.15) is 24.0 Å². The van der Waals surface area contributed by atoms with Crippen LogP contribution in [0.5, 0.6) is 11.5 Å². The van der Waals surface area contributed by atoms with Gasteiger partial charge < -0.3 is 24.4 Å². The molecule has 166 valence electrons. The molecule has 0 radical (unpaired) electrons. The number of nitrogens with zero attached hydrogens (tertiary/aromatic N) is 1. The van der Waals surface area contributed by atoms with Crippen molar-refractivity contribution in [3.63, 3.8) is 0 Å². The second kappa shape index (κ2) is 10.8. The number of anilines is 1. The Bertz CT molecular complexity index is 891. The van der Waals surface area contributed by atoms with E-state index in [1.165, 1.54) is 4.90 Å². The molecule has 1 N–H and O–H groups in total. The van der Waals surface area contributed by atoms with Crippen LogP contribution in [0.25, 0.3) is 0 Å². The van der Waals surface area contributed by atoms with Crippen molar-refractivity contribution in [1.82, 2.24) is 4.90 Å². The number of carbonyl (C=O) groups is 2. The van der Waals surface area contributed by atoms with Gasteiger partial charge in [-0.3, -0.25) is 9.59 Å². The number of hydrogen-bond donors (Lipinski definition) is 1. The highest BCUT2D eigenvalue weighted by Gasteiger charge is 2.25. The summed E-state index contributed by atoms with van der Waals surface area (Å²) >= 11 is 0. The second-order valence-electron chi connectivity index (χ2n) is 7.67. The summed E-state index contributed by atoms with van der Waals surface area (Å²) in [5, 5.41) is 2.92. The largest absolute Gasteiger partial charge is 0.497 e. The summed E-state index contributed by atoms with van der Waals surface area (Å²) in [5.74, 6) is 0.764. The first kappa shape index (κ1) is 22.6. The standard InChI is InChI=1S/C24H30N2O5/c1-17-6-4-8-22(18(17)2)25-23(27)15-26(14-21-7-5-13-30-21)24(28)16-31-20-11-9-19(29-3)10-12-20/h4,6,8-12,21H,5,7,13-16H2,1-3H3,(H,25,27)/t21-/m0/s1. The molecule has 0 spiro atoms. The molecular formula is C24H30N2O5. The maximum absolute atomic E-state index is 12.9. The van der Waals surface area contributed by atoms with Gasteiger partial charge in [0.2, 0.25) is 5.91 Å². The summed E-state index contributed by atoms with van der Waals surface area (Å²) in [6.07, 6.45) is 1.78. The topological polar surface area (TPSA) is 77.1 Å². The lowest BCUT2D eigenvalue weighted by Crippen LogP contribution is -2.44. The Morgan fingerprint density at radius 1 is 1.13 bits per heavy atom. The van der Waals surface area contributed by atoms with Gasteiger partial charge in [0.1, 0.15) is 18.0 Å². The maximum Gasteiger partial charge on any atom is 0.261 e. The van der Waals surface area contributed by atoms with Gasteiger partial charge in [0, 0.05) is 18.8 Å². The molecule has 0 aromatic heterocycles. The lowest BCUT2D eigenvalue weighted by molar-refractivity contribution is -0.138. The second-order valence-corrected chi connectivity index (χ2v) is 7.67. The van der Waals surface area contributed by atoms with Gasteiger partial charge in [0.05, 0.1) is 13.2 Å². The average Bonchev–Trinajstić information content (AvgIpc) is 3.28. The normalized spacial score (nSPS) is 15.4. The molecule has 7 heteroatoms. The third-order valence-electron chi connectivity index (χ3n) is 5.44. The summed E-state index contributed by atoms with van der Waals surface area (Å²) in [4.78, 5) is 27.1. The van der Waals surface area contributed by atoms with Gasteiger partial charge in [-0.15, -0.1) is 0 Å². The van der Waals surface area contributed by atoms with E-state index in [4.69, 9.17) is 14.2 Å². The minimum absolute atomic E-state index is 0.0570. The third-order valence-corrected chi connectivity index (χ3v) is 5.44. The van der Waals surface area contributed by atoms with Gasteiger partial charge >= 0.3 is 0 Å².